The van der Waals surface area contributed by atoms with Gasteiger partial charge in [0.1, 0.15) is 22.7 Å². The highest BCUT2D eigenvalue weighted by atomic mass is 32.1. The second-order valence-corrected chi connectivity index (χ2v) is 10.2. The summed E-state index contributed by atoms with van der Waals surface area (Å²) >= 11 is 1.57. The molecule has 4 aromatic rings. The summed E-state index contributed by atoms with van der Waals surface area (Å²) in [6.07, 6.45) is 0. The smallest absolute Gasteiger partial charge is 0.273 e. The third-order valence-electron chi connectivity index (χ3n) is 6.57. The van der Waals surface area contributed by atoms with Gasteiger partial charge in [-0.25, -0.2) is 0 Å². The Morgan fingerprint density at radius 2 is 1.92 bits per heavy atom. The van der Waals surface area contributed by atoms with Gasteiger partial charge in [-0.2, -0.15) is 5.10 Å². The number of ether oxygens (including phenoxy) is 1. The molecule has 2 aromatic carbocycles. The Labute approximate surface area is 214 Å². The minimum Gasteiger partial charge on any atom is -0.497 e. The van der Waals surface area contributed by atoms with Crippen LogP contribution in [0.5, 0.6) is 5.75 Å². The quantitative estimate of drug-likeness (QED) is 0.401. The first-order valence-electron chi connectivity index (χ1n) is 11.8. The van der Waals surface area contributed by atoms with Gasteiger partial charge in [0.25, 0.3) is 5.91 Å². The van der Waals surface area contributed by atoms with Crippen molar-refractivity contribution in [3.8, 4) is 16.3 Å². The molecule has 0 radical (unpaired) electrons. The van der Waals surface area contributed by atoms with Crippen molar-refractivity contribution in [2.45, 2.75) is 39.0 Å². The average Bonchev–Trinajstić information content (AvgIpc) is 3.55. The Hall–Kier alpha value is -3.91. The standard InChI is InChI=1S/C28H28N4O3S/c1-19-7-4-8-20(13-19)16-29-27(34)28(2)18-32-24(15-23(30-32)25-11-6-12-36-25)26(33)31(28)17-21-9-5-10-22(14-21)35-3/h4-15H,16-18H2,1-3H3,(H,29,34)/t28-/m0/s1. The molecule has 3 heterocycles. The number of hydrogen-bond acceptors (Lipinski definition) is 5. The number of carbonyl (C=O) groups is 2. The lowest BCUT2D eigenvalue weighted by Crippen LogP contribution is -2.63. The van der Waals surface area contributed by atoms with E-state index in [1.165, 1.54) is 0 Å². The van der Waals surface area contributed by atoms with E-state index in [4.69, 9.17) is 9.84 Å². The molecule has 8 heteroatoms. The summed E-state index contributed by atoms with van der Waals surface area (Å²) in [6, 6.07) is 21.3. The zero-order chi connectivity index (χ0) is 25.3. The molecule has 0 fully saturated rings. The van der Waals surface area contributed by atoms with Crippen LogP contribution in [0.25, 0.3) is 10.6 Å². The molecule has 0 unspecified atom stereocenters. The fourth-order valence-corrected chi connectivity index (χ4v) is 5.26. The summed E-state index contributed by atoms with van der Waals surface area (Å²) < 4.78 is 7.05. The topological polar surface area (TPSA) is 76.5 Å². The molecule has 0 aliphatic carbocycles. The van der Waals surface area contributed by atoms with Gasteiger partial charge in [0.15, 0.2) is 0 Å². The zero-order valence-corrected chi connectivity index (χ0v) is 21.3. The fraction of sp³-hybridized carbons (Fsp3) is 0.250. The summed E-state index contributed by atoms with van der Waals surface area (Å²) in [5.41, 5.74) is 3.09. The van der Waals surface area contributed by atoms with Gasteiger partial charge in [-0.15, -0.1) is 11.3 Å². The van der Waals surface area contributed by atoms with Gasteiger partial charge in [-0.05, 0) is 54.6 Å². The Bertz CT molecular complexity index is 1410. The van der Waals surface area contributed by atoms with Gasteiger partial charge in [0, 0.05) is 13.1 Å². The van der Waals surface area contributed by atoms with Crippen LogP contribution in [0.2, 0.25) is 0 Å². The molecule has 5 rings (SSSR count). The van der Waals surface area contributed by atoms with Crippen molar-refractivity contribution < 1.29 is 14.3 Å². The molecule has 2 amide bonds. The Morgan fingerprint density at radius 1 is 1.11 bits per heavy atom. The molecule has 0 saturated carbocycles. The largest absolute Gasteiger partial charge is 0.497 e. The lowest BCUT2D eigenvalue weighted by molar-refractivity contribution is -0.133. The van der Waals surface area contributed by atoms with Crippen LogP contribution in [-0.2, 0) is 24.4 Å². The Morgan fingerprint density at radius 3 is 2.67 bits per heavy atom. The van der Waals surface area contributed by atoms with Crippen molar-refractivity contribution in [2.75, 3.05) is 7.11 Å². The van der Waals surface area contributed by atoms with Crippen LogP contribution in [0.3, 0.4) is 0 Å². The van der Waals surface area contributed by atoms with E-state index >= 15 is 0 Å². The van der Waals surface area contributed by atoms with E-state index in [0.717, 1.165) is 27.3 Å². The van der Waals surface area contributed by atoms with E-state index in [2.05, 4.69) is 5.32 Å². The molecular formula is C28H28N4O3S. The molecule has 184 valence electrons. The van der Waals surface area contributed by atoms with E-state index < -0.39 is 5.54 Å². The van der Waals surface area contributed by atoms with Crippen molar-refractivity contribution in [1.82, 2.24) is 20.0 Å². The molecule has 0 saturated heterocycles. The molecule has 0 spiro atoms. The van der Waals surface area contributed by atoms with E-state index in [1.807, 2.05) is 86.0 Å². The summed E-state index contributed by atoms with van der Waals surface area (Å²) in [4.78, 5) is 30.2. The van der Waals surface area contributed by atoms with E-state index in [9.17, 15) is 9.59 Å². The summed E-state index contributed by atoms with van der Waals surface area (Å²) in [5.74, 6) is 0.249. The predicted molar refractivity (Wildman–Crippen MR) is 140 cm³/mol. The van der Waals surface area contributed by atoms with Crippen molar-refractivity contribution >= 4 is 23.2 Å². The minimum absolute atomic E-state index is 0.223. The number of thiophene rings is 1. The number of carbonyl (C=O) groups excluding carboxylic acids is 2. The van der Waals surface area contributed by atoms with Gasteiger partial charge >= 0.3 is 0 Å². The lowest BCUT2D eigenvalue weighted by Gasteiger charge is -2.43. The van der Waals surface area contributed by atoms with Gasteiger partial charge in [0.2, 0.25) is 5.91 Å². The first-order chi connectivity index (χ1) is 17.4. The molecule has 1 N–H and O–H groups in total. The second kappa shape index (κ2) is 9.62. The van der Waals surface area contributed by atoms with Crippen molar-refractivity contribution in [1.29, 1.82) is 0 Å². The highest BCUT2D eigenvalue weighted by Crippen LogP contribution is 2.33. The molecule has 1 aliphatic rings. The number of hydrogen-bond donors (Lipinski definition) is 1. The van der Waals surface area contributed by atoms with Gasteiger partial charge in [-0.3, -0.25) is 14.3 Å². The number of rotatable bonds is 7. The molecule has 1 atom stereocenters. The number of benzene rings is 2. The SMILES string of the molecule is COc1cccc(CN2C(=O)c3cc(-c4cccs4)nn3C[C@@]2(C)C(=O)NCc2cccc(C)c2)c1. The van der Waals surface area contributed by atoms with E-state index in [1.54, 1.807) is 28.0 Å². The molecular weight excluding hydrogens is 472 g/mol. The predicted octanol–water partition coefficient (Wildman–Crippen LogP) is 4.66. The van der Waals surface area contributed by atoms with E-state index in [0.29, 0.717) is 18.0 Å². The molecule has 7 nitrogen and oxygen atoms in total. The van der Waals surface area contributed by atoms with Crippen molar-refractivity contribution in [2.24, 2.45) is 0 Å². The van der Waals surface area contributed by atoms with Gasteiger partial charge < -0.3 is 15.0 Å². The third-order valence-corrected chi connectivity index (χ3v) is 7.46. The summed E-state index contributed by atoms with van der Waals surface area (Å²) in [7, 11) is 1.61. The van der Waals surface area contributed by atoms with Gasteiger partial charge in [-0.1, -0.05) is 48.0 Å². The molecule has 2 aromatic heterocycles. The van der Waals surface area contributed by atoms with Crippen molar-refractivity contribution in [3.05, 3.63) is 94.5 Å². The maximum Gasteiger partial charge on any atom is 0.273 e. The minimum atomic E-state index is -1.14. The van der Waals surface area contributed by atoms with Crippen LogP contribution in [0.4, 0.5) is 0 Å². The molecule has 36 heavy (non-hydrogen) atoms. The summed E-state index contributed by atoms with van der Waals surface area (Å²) in [5, 5.41) is 9.74. The normalized spacial score (nSPS) is 17.1. The number of nitrogens with one attached hydrogen (secondary N) is 1. The maximum absolute atomic E-state index is 13.9. The highest BCUT2D eigenvalue weighted by molar-refractivity contribution is 7.13. The van der Waals surface area contributed by atoms with Crippen LogP contribution in [0.1, 0.15) is 34.1 Å². The number of amides is 2. The number of aromatic nitrogens is 2. The zero-order valence-electron chi connectivity index (χ0n) is 20.5. The second-order valence-electron chi connectivity index (χ2n) is 9.24. The fourth-order valence-electron chi connectivity index (χ4n) is 4.58. The lowest BCUT2D eigenvalue weighted by atomic mass is 9.94. The number of methoxy groups -OCH3 is 1. The van der Waals surface area contributed by atoms with Crippen molar-refractivity contribution in [3.63, 3.8) is 0 Å². The molecule has 1 aliphatic heterocycles. The monoisotopic (exact) mass is 500 g/mol. The van der Waals surface area contributed by atoms with Crippen LogP contribution in [0.15, 0.2) is 72.1 Å². The number of fused-ring (bicyclic) bond motifs is 1. The summed E-state index contributed by atoms with van der Waals surface area (Å²) in [6.45, 7) is 4.73. The van der Waals surface area contributed by atoms with Gasteiger partial charge in [0.05, 0.1) is 18.5 Å². The van der Waals surface area contributed by atoms with E-state index in [-0.39, 0.29) is 24.9 Å². The Balaban J connectivity index is 1.49. The Kier molecular flexibility index (Phi) is 6.36. The average molecular weight is 501 g/mol. The van der Waals surface area contributed by atoms with Crippen LogP contribution in [-0.4, -0.2) is 39.1 Å². The highest BCUT2D eigenvalue weighted by Gasteiger charge is 2.48. The maximum atomic E-state index is 13.9. The molecule has 0 bridgehead atoms. The number of nitrogens with zero attached hydrogens (tertiary/aromatic N) is 3. The van der Waals surface area contributed by atoms with Crippen LogP contribution in [0, 0.1) is 6.92 Å². The third kappa shape index (κ3) is 4.52. The first-order valence-corrected chi connectivity index (χ1v) is 12.7. The number of aryl methyl sites for hydroxylation is 1. The first kappa shape index (κ1) is 23.8. The van der Waals surface area contributed by atoms with Crippen LogP contribution >= 0.6 is 11.3 Å². The van der Waals surface area contributed by atoms with Crippen LogP contribution < -0.4 is 10.1 Å².